The number of carbonyl (C=O) groups excluding carboxylic acids is 1. The number of para-hydroxylation sites is 1. The molecule has 0 aromatic heterocycles. The third-order valence-electron chi connectivity index (χ3n) is 2.85. The van der Waals surface area contributed by atoms with Crippen LogP contribution in [-0.2, 0) is 6.42 Å². The number of benzene rings is 2. The van der Waals surface area contributed by atoms with E-state index in [0.717, 1.165) is 0 Å². The van der Waals surface area contributed by atoms with Crippen molar-refractivity contribution in [2.45, 2.75) is 13.3 Å². The maximum absolute atomic E-state index is 13.7. The maximum atomic E-state index is 13.7. The van der Waals surface area contributed by atoms with E-state index in [1.54, 1.807) is 24.3 Å². The number of hydrogen-bond acceptors (Lipinski definition) is 2. The van der Waals surface area contributed by atoms with Gasteiger partial charge in [-0.1, -0.05) is 23.7 Å². The van der Waals surface area contributed by atoms with Crippen molar-refractivity contribution in [3.8, 4) is 5.75 Å². The lowest BCUT2D eigenvalue weighted by atomic mass is 10.0. The Bertz CT molecular complexity index is 626. The molecule has 104 valence electrons. The fraction of sp³-hybridized carbons (Fsp3) is 0.188. The van der Waals surface area contributed by atoms with Crippen LogP contribution >= 0.6 is 11.6 Å². The Morgan fingerprint density at radius 3 is 2.75 bits per heavy atom. The summed E-state index contributed by atoms with van der Waals surface area (Å²) < 4.78 is 19.1. The van der Waals surface area contributed by atoms with Crippen LogP contribution in [0.25, 0.3) is 0 Å². The van der Waals surface area contributed by atoms with Crippen molar-refractivity contribution in [3.63, 3.8) is 0 Å². The molecule has 2 aromatic carbocycles. The Morgan fingerprint density at radius 1 is 1.25 bits per heavy atom. The Balaban J connectivity index is 2.26. The molecule has 0 heterocycles. The van der Waals surface area contributed by atoms with Crippen LogP contribution < -0.4 is 4.74 Å². The summed E-state index contributed by atoms with van der Waals surface area (Å²) in [5, 5.41) is 0.410. The van der Waals surface area contributed by atoms with E-state index in [2.05, 4.69) is 0 Å². The second-order valence-electron chi connectivity index (χ2n) is 4.26. The number of rotatable bonds is 5. The molecule has 0 saturated heterocycles. The van der Waals surface area contributed by atoms with Gasteiger partial charge in [0.05, 0.1) is 12.2 Å². The Hall–Kier alpha value is -1.87. The number of ether oxygens (including phenoxy) is 1. The van der Waals surface area contributed by atoms with Crippen molar-refractivity contribution in [1.29, 1.82) is 0 Å². The van der Waals surface area contributed by atoms with Crippen molar-refractivity contribution < 1.29 is 13.9 Å². The lowest BCUT2D eigenvalue weighted by molar-refractivity contribution is 0.0988. The molecule has 4 heteroatoms. The molecule has 20 heavy (non-hydrogen) atoms. The zero-order valence-electron chi connectivity index (χ0n) is 11.0. The highest BCUT2D eigenvalue weighted by Crippen LogP contribution is 2.22. The highest BCUT2D eigenvalue weighted by molar-refractivity contribution is 6.30. The van der Waals surface area contributed by atoms with Gasteiger partial charge < -0.3 is 4.74 Å². The largest absolute Gasteiger partial charge is 0.493 e. The van der Waals surface area contributed by atoms with Gasteiger partial charge in [-0.25, -0.2) is 4.39 Å². The maximum Gasteiger partial charge on any atom is 0.171 e. The average Bonchev–Trinajstić information content (AvgIpc) is 2.44. The quantitative estimate of drug-likeness (QED) is 0.768. The Morgan fingerprint density at radius 2 is 2.00 bits per heavy atom. The Labute approximate surface area is 122 Å². The predicted octanol–water partition coefficient (Wildman–Crippen LogP) is 4.30. The molecule has 0 aliphatic carbocycles. The van der Waals surface area contributed by atoms with Gasteiger partial charge in [0.2, 0.25) is 0 Å². The van der Waals surface area contributed by atoms with E-state index >= 15 is 0 Å². The smallest absolute Gasteiger partial charge is 0.171 e. The van der Waals surface area contributed by atoms with Crippen LogP contribution in [0.3, 0.4) is 0 Å². The number of Topliss-reactive ketones (excluding diaryl/α,β-unsaturated/α-hetero) is 1. The van der Waals surface area contributed by atoms with Crippen molar-refractivity contribution in [2.24, 2.45) is 0 Å². The van der Waals surface area contributed by atoms with Crippen LogP contribution in [0.4, 0.5) is 4.39 Å². The second-order valence-corrected chi connectivity index (χ2v) is 4.70. The predicted molar refractivity (Wildman–Crippen MR) is 77.1 cm³/mol. The fourth-order valence-electron chi connectivity index (χ4n) is 1.93. The lowest BCUT2D eigenvalue weighted by Gasteiger charge is -2.09. The van der Waals surface area contributed by atoms with Gasteiger partial charge in [0.25, 0.3) is 0 Å². The standard InChI is InChI=1S/C16H14ClFO2/c1-2-20-16-6-4-3-5-13(16)15(19)10-11-9-12(17)7-8-14(11)18/h3-9H,2,10H2,1H3. The molecule has 2 aromatic rings. The summed E-state index contributed by atoms with van der Waals surface area (Å²) in [5.41, 5.74) is 0.738. The summed E-state index contributed by atoms with van der Waals surface area (Å²) >= 11 is 5.82. The first-order valence-electron chi connectivity index (χ1n) is 6.30. The molecule has 0 radical (unpaired) electrons. The molecule has 0 N–H and O–H groups in total. The number of halogens is 2. The summed E-state index contributed by atoms with van der Waals surface area (Å²) in [5.74, 6) is -0.116. The van der Waals surface area contributed by atoms with E-state index < -0.39 is 5.82 Å². The molecule has 2 rings (SSSR count). The third kappa shape index (κ3) is 3.36. The van der Waals surface area contributed by atoms with E-state index in [0.29, 0.717) is 22.9 Å². The summed E-state index contributed by atoms with van der Waals surface area (Å²) in [6, 6.07) is 11.1. The lowest BCUT2D eigenvalue weighted by Crippen LogP contribution is -2.08. The number of ketones is 1. The molecule has 0 spiro atoms. The third-order valence-corrected chi connectivity index (χ3v) is 3.08. The highest BCUT2D eigenvalue weighted by Gasteiger charge is 2.15. The zero-order chi connectivity index (χ0) is 14.5. The van der Waals surface area contributed by atoms with Crippen molar-refractivity contribution in [2.75, 3.05) is 6.61 Å². The molecule has 0 amide bonds. The minimum absolute atomic E-state index is 0.0452. The second kappa shape index (κ2) is 6.53. The monoisotopic (exact) mass is 292 g/mol. The van der Waals surface area contributed by atoms with Crippen molar-refractivity contribution in [3.05, 3.63) is 64.4 Å². The van der Waals surface area contributed by atoms with Gasteiger partial charge in [0.15, 0.2) is 5.78 Å². The highest BCUT2D eigenvalue weighted by atomic mass is 35.5. The van der Waals surface area contributed by atoms with Crippen LogP contribution in [-0.4, -0.2) is 12.4 Å². The topological polar surface area (TPSA) is 26.3 Å². The van der Waals surface area contributed by atoms with Crippen LogP contribution in [0.15, 0.2) is 42.5 Å². The van der Waals surface area contributed by atoms with E-state index in [-0.39, 0.29) is 17.8 Å². The van der Waals surface area contributed by atoms with Crippen LogP contribution in [0.2, 0.25) is 5.02 Å². The first-order chi connectivity index (χ1) is 9.61. The van der Waals surface area contributed by atoms with Crippen LogP contribution in [0.1, 0.15) is 22.8 Å². The van der Waals surface area contributed by atoms with Crippen LogP contribution in [0, 0.1) is 5.82 Å². The first kappa shape index (κ1) is 14.5. The van der Waals surface area contributed by atoms with Gasteiger partial charge in [0, 0.05) is 11.4 Å². The molecule has 0 aliphatic rings. The summed E-state index contributed by atoms with van der Waals surface area (Å²) in [7, 11) is 0. The molecule has 0 saturated carbocycles. The van der Waals surface area contributed by atoms with Gasteiger partial charge in [-0.05, 0) is 42.8 Å². The molecule has 2 nitrogen and oxygen atoms in total. The molecule has 0 fully saturated rings. The number of hydrogen-bond donors (Lipinski definition) is 0. The summed E-state index contributed by atoms with van der Waals surface area (Å²) in [6.07, 6.45) is -0.0452. The van der Waals surface area contributed by atoms with Gasteiger partial charge in [-0.3, -0.25) is 4.79 Å². The zero-order valence-corrected chi connectivity index (χ0v) is 11.8. The minimum atomic E-state index is -0.434. The summed E-state index contributed by atoms with van der Waals surface area (Å²) in [6.45, 7) is 2.31. The molecular formula is C16H14ClFO2. The number of carbonyl (C=O) groups is 1. The molecule has 0 atom stereocenters. The fourth-order valence-corrected chi connectivity index (χ4v) is 2.12. The van der Waals surface area contributed by atoms with E-state index in [4.69, 9.17) is 16.3 Å². The SMILES string of the molecule is CCOc1ccccc1C(=O)Cc1cc(Cl)ccc1F. The molecule has 0 aliphatic heterocycles. The summed E-state index contributed by atoms with van der Waals surface area (Å²) in [4.78, 5) is 12.3. The Kier molecular flexibility index (Phi) is 4.74. The minimum Gasteiger partial charge on any atom is -0.493 e. The molecule has 0 unspecified atom stereocenters. The molecule has 0 bridgehead atoms. The van der Waals surface area contributed by atoms with E-state index in [1.165, 1.54) is 18.2 Å². The first-order valence-corrected chi connectivity index (χ1v) is 6.68. The van der Waals surface area contributed by atoms with E-state index in [1.807, 2.05) is 6.92 Å². The van der Waals surface area contributed by atoms with Gasteiger partial charge >= 0.3 is 0 Å². The van der Waals surface area contributed by atoms with Gasteiger partial charge in [-0.15, -0.1) is 0 Å². The van der Waals surface area contributed by atoms with Crippen LogP contribution in [0.5, 0.6) is 5.75 Å². The van der Waals surface area contributed by atoms with Crippen molar-refractivity contribution in [1.82, 2.24) is 0 Å². The molecular weight excluding hydrogens is 279 g/mol. The average molecular weight is 293 g/mol. The van der Waals surface area contributed by atoms with Gasteiger partial charge in [-0.2, -0.15) is 0 Å². The normalized spacial score (nSPS) is 10.3. The van der Waals surface area contributed by atoms with Gasteiger partial charge in [0.1, 0.15) is 11.6 Å². The van der Waals surface area contributed by atoms with E-state index in [9.17, 15) is 9.18 Å². The van der Waals surface area contributed by atoms with Crippen molar-refractivity contribution >= 4 is 17.4 Å².